The first-order valence-corrected chi connectivity index (χ1v) is 8.05. The van der Waals surface area contributed by atoms with Gasteiger partial charge in [0.25, 0.3) is 0 Å². The molecule has 1 saturated heterocycles. The molecule has 0 aliphatic carbocycles. The predicted molar refractivity (Wildman–Crippen MR) is 85.8 cm³/mol. The summed E-state index contributed by atoms with van der Waals surface area (Å²) in [5.41, 5.74) is 1.72. The van der Waals surface area contributed by atoms with E-state index in [1.165, 1.54) is 25.5 Å². The Hall–Kier alpha value is -1.95. The maximum atomic E-state index is 11.2. The smallest absolute Gasteiger partial charge is 0.311 e. The van der Waals surface area contributed by atoms with Crippen LogP contribution in [0.3, 0.4) is 0 Å². The predicted octanol–water partition coefficient (Wildman–Crippen LogP) is 3.80. The minimum atomic E-state index is -0.370. The van der Waals surface area contributed by atoms with E-state index in [0.29, 0.717) is 11.6 Å². The number of nitrogens with one attached hydrogen (secondary N) is 1. The second kappa shape index (κ2) is 6.44. The molecule has 1 unspecified atom stereocenters. The van der Waals surface area contributed by atoms with Crippen molar-refractivity contribution in [1.29, 1.82) is 0 Å². The zero-order valence-electron chi connectivity index (χ0n) is 12.9. The van der Waals surface area contributed by atoms with Crippen molar-refractivity contribution in [3.63, 3.8) is 0 Å². The number of H-pyrrole nitrogens is 1. The summed E-state index contributed by atoms with van der Waals surface area (Å²) in [4.78, 5) is 20.6. The monoisotopic (exact) mass is 302 g/mol. The number of rotatable bonds is 5. The zero-order valence-corrected chi connectivity index (χ0v) is 12.9. The number of hydrogen-bond donors (Lipinski definition) is 1. The molecule has 3 heterocycles. The van der Waals surface area contributed by atoms with Crippen molar-refractivity contribution in [3.8, 4) is 0 Å². The Morgan fingerprint density at radius 2 is 2.14 bits per heavy atom. The molecule has 0 saturated carbocycles. The fourth-order valence-corrected chi connectivity index (χ4v) is 3.41. The van der Waals surface area contributed by atoms with E-state index in [9.17, 15) is 10.1 Å². The molecule has 1 fully saturated rings. The number of likely N-dealkylation sites (tertiary alicyclic amines) is 1. The molecule has 2 aromatic heterocycles. The number of pyridine rings is 1. The summed E-state index contributed by atoms with van der Waals surface area (Å²) >= 11 is 0. The molecular weight excluding hydrogens is 280 g/mol. The highest BCUT2D eigenvalue weighted by molar-refractivity contribution is 5.87. The van der Waals surface area contributed by atoms with Gasteiger partial charge >= 0.3 is 5.69 Å². The van der Waals surface area contributed by atoms with Gasteiger partial charge in [-0.15, -0.1) is 0 Å². The van der Waals surface area contributed by atoms with Gasteiger partial charge in [-0.2, -0.15) is 0 Å². The lowest BCUT2D eigenvalue weighted by atomic mass is 10.0. The van der Waals surface area contributed by atoms with Crippen molar-refractivity contribution in [1.82, 2.24) is 14.9 Å². The van der Waals surface area contributed by atoms with Crippen LogP contribution < -0.4 is 0 Å². The molecule has 0 spiro atoms. The van der Waals surface area contributed by atoms with E-state index in [2.05, 4.69) is 21.8 Å². The van der Waals surface area contributed by atoms with Crippen molar-refractivity contribution in [3.05, 3.63) is 34.3 Å². The van der Waals surface area contributed by atoms with Crippen LogP contribution in [-0.4, -0.2) is 32.9 Å². The summed E-state index contributed by atoms with van der Waals surface area (Å²) in [5, 5.41) is 12.0. The standard InChI is InChI=1S/C16H22N4O2/c1-2-6-14(19-7-4-3-5-8-19)13-9-12-10-17-11-15(20(21)22)16(12)18-13/h9-11,14,18H,2-8H2,1H3. The molecule has 0 amide bonds. The lowest BCUT2D eigenvalue weighted by Gasteiger charge is -2.34. The lowest BCUT2D eigenvalue weighted by molar-refractivity contribution is -0.383. The van der Waals surface area contributed by atoms with Gasteiger partial charge in [-0.05, 0) is 38.4 Å². The molecule has 0 radical (unpaired) electrons. The second-order valence-corrected chi connectivity index (χ2v) is 6.01. The Morgan fingerprint density at radius 1 is 1.36 bits per heavy atom. The van der Waals surface area contributed by atoms with Crippen molar-refractivity contribution in [2.24, 2.45) is 0 Å². The molecule has 1 atom stereocenters. The summed E-state index contributed by atoms with van der Waals surface area (Å²) in [6.45, 7) is 4.41. The normalized spacial score (nSPS) is 17.7. The van der Waals surface area contributed by atoms with Gasteiger partial charge in [0, 0.05) is 23.3 Å². The molecule has 6 heteroatoms. The van der Waals surface area contributed by atoms with E-state index in [-0.39, 0.29) is 10.6 Å². The molecule has 0 aromatic carbocycles. The summed E-state index contributed by atoms with van der Waals surface area (Å²) in [6, 6.07) is 2.35. The van der Waals surface area contributed by atoms with Crippen molar-refractivity contribution in [2.75, 3.05) is 13.1 Å². The number of piperidine rings is 1. The Labute approximate surface area is 129 Å². The first-order chi connectivity index (χ1) is 10.7. The Bertz CT molecular complexity index is 661. The summed E-state index contributed by atoms with van der Waals surface area (Å²) in [6.07, 6.45) is 8.95. The number of fused-ring (bicyclic) bond motifs is 1. The summed E-state index contributed by atoms with van der Waals surface area (Å²) in [7, 11) is 0. The van der Waals surface area contributed by atoms with Crippen molar-refractivity contribution in [2.45, 2.75) is 45.1 Å². The first-order valence-electron chi connectivity index (χ1n) is 8.05. The van der Waals surface area contributed by atoms with Gasteiger partial charge in [-0.3, -0.25) is 20.0 Å². The molecule has 1 N–H and O–H groups in total. The van der Waals surface area contributed by atoms with Crippen LogP contribution in [0.4, 0.5) is 5.69 Å². The van der Waals surface area contributed by atoms with Crippen molar-refractivity contribution >= 4 is 16.6 Å². The number of aromatic amines is 1. The Morgan fingerprint density at radius 3 is 2.82 bits per heavy atom. The third-order valence-electron chi connectivity index (χ3n) is 4.48. The third kappa shape index (κ3) is 2.83. The van der Waals surface area contributed by atoms with Gasteiger partial charge in [-0.1, -0.05) is 19.8 Å². The minimum absolute atomic E-state index is 0.0534. The summed E-state index contributed by atoms with van der Waals surface area (Å²) < 4.78 is 0. The van der Waals surface area contributed by atoms with E-state index in [1.54, 1.807) is 6.20 Å². The average Bonchev–Trinajstić information content (AvgIpc) is 2.96. The number of hydrogen-bond acceptors (Lipinski definition) is 4. The zero-order chi connectivity index (χ0) is 15.5. The maximum Gasteiger partial charge on any atom is 0.311 e. The van der Waals surface area contributed by atoms with Gasteiger partial charge in [0.1, 0.15) is 11.7 Å². The van der Waals surface area contributed by atoms with E-state index in [1.807, 2.05) is 6.07 Å². The minimum Gasteiger partial charge on any atom is -0.351 e. The molecule has 1 aliphatic rings. The highest BCUT2D eigenvalue weighted by Crippen LogP contribution is 2.32. The molecule has 2 aromatic rings. The molecule has 3 rings (SSSR count). The molecular formula is C16H22N4O2. The van der Waals surface area contributed by atoms with Gasteiger partial charge in [-0.25, -0.2) is 0 Å². The summed E-state index contributed by atoms with van der Waals surface area (Å²) in [5.74, 6) is 0. The number of nitro groups is 1. The fraction of sp³-hybridized carbons (Fsp3) is 0.562. The maximum absolute atomic E-state index is 11.2. The van der Waals surface area contributed by atoms with E-state index >= 15 is 0 Å². The van der Waals surface area contributed by atoms with Crippen LogP contribution in [0.25, 0.3) is 10.9 Å². The van der Waals surface area contributed by atoms with Gasteiger partial charge in [0.2, 0.25) is 0 Å². The Balaban J connectivity index is 1.98. The van der Waals surface area contributed by atoms with Gasteiger partial charge in [0.15, 0.2) is 0 Å². The highest BCUT2D eigenvalue weighted by atomic mass is 16.6. The van der Waals surface area contributed by atoms with Crippen LogP contribution in [-0.2, 0) is 0 Å². The highest BCUT2D eigenvalue weighted by Gasteiger charge is 2.24. The SMILES string of the molecule is CCCC(c1cc2cncc([N+](=O)[O-])c2[nH]1)N1CCCCC1. The molecule has 22 heavy (non-hydrogen) atoms. The number of aromatic nitrogens is 2. The average molecular weight is 302 g/mol. The van der Waals surface area contributed by atoms with Crippen LogP contribution in [0.1, 0.15) is 50.8 Å². The fourth-order valence-electron chi connectivity index (χ4n) is 3.41. The lowest BCUT2D eigenvalue weighted by Crippen LogP contribution is -2.33. The second-order valence-electron chi connectivity index (χ2n) is 6.01. The topological polar surface area (TPSA) is 75.1 Å². The van der Waals surface area contributed by atoms with E-state index < -0.39 is 0 Å². The van der Waals surface area contributed by atoms with Gasteiger partial charge < -0.3 is 4.98 Å². The molecule has 6 nitrogen and oxygen atoms in total. The number of nitrogens with zero attached hydrogens (tertiary/aromatic N) is 3. The van der Waals surface area contributed by atoms with Crippen LogP contribution in [0.2, 0.25) is 0 Å². The molecule has 1 aliphatic heterocycles. The molecule has 0 bridgehead atoms. The van der Waals surface area contributed by atoms with Gasteiger partial charge in [0.05, 0.1) is 4.92 Å². The quantitative estimate of drug-likeness (QED) is 0.673. The van der Waals surface area contributed by atoms with Crippen LogP contribution in [0, 0.1) is 10.1 Å². The first kappa shape index (κ1) is 15.0. The van der Waals surface area contributed by atoms with E-state index in [0.717, 1.165) is 37.0 Å². The van der Waals surface area contributed by atoms with Crippen LogP contribution in [0.5, 0.6) is 0 Å². The molecule has 118 valence electrons. The van der Waals surface area contributed by atoms with Crippen LogP contribution in [0.15, 0.2) is 18.5 Å². The largest absolute Gasteiger partial charge is 0.351 e. The van der Waals surface area contributed by atoms with Crippen molar-refractivity contribution < 1.29 is 4.92 Å². The third-order valence-corrected chi connectivity index (χ3v) is 4.48. The van der Waals surface area contributed by atoms with E-state index in [4.69, 9.17) is 0 Å². The Kier molecular flexibility index (Phi) is 4.38. The van der Waals surface area contributed by atoms with Crippen LogP contribution >= 0.6 is 0 Å².